The SMILES string of the molecule is COCC(C)NS(=O)(=O)c1cc(C(=O)O)sc1Br. The van der Waals surface area contributed by atoms with E-state index >= 15 is 0 Å². The van der Waals surface area contributed by atoms with Crippen LogP contribution in [-0.4, -0.2) is 39.3 Å². The molecule has 6 nitrogen and oxygen atoms in total. The smallest absolute Gasteiger partial charge is 0.345 e. The summed E-state index contributed by atoms with van der Waals surface area (Å²) in [6.07, 6.45) is 0. The molecular weight excluding hydrogens is 346 g/mol. The number of carboxylic acids is 1. The first-order valence-electron chi connectivity index (χ1n) is 4.82. The van der Waals surface area contributed by atoms with Crippen LogP contribution in [0.4, 0.5) is 0 Å². The molecule has 0 radical (unpaired) electrons. The van der Waals surface area contributed by atoms with Crippen LogP contribution in [0.2, 0.25) is 0 Å². The van der Waals surface area contributed by atoms with Crippen molar-refractivity contribution in [3.8, 4) is 0 Å². The molecule has 1 rings (SSSR count). The van der Waals surface area contributed by atoms with Crippen molar-refractivity contribution in [2.75, 3.05) is 13.7 Å². The van der Waals surface area contributed by atoms with Crippen molar-refractivity contribution < 1.29 is 23.1 Å². The highest BCUT2D eigenvalue weighted by atomic mass is 79.9. The summed E-state index contributed by atoms with van der Waals surface area (Å²) in [6, 6.07) is 0.721. The third kappa shape index (κ3) is 3.75. The third-order valence-corrected chi connectivity index (χ3v) is 5.76. The van der Waals surface area contributed by atoms with Gasteiger partial charge in [-0.15, -0.1) is 11.3 Å². The number of carboxylic acid groups (broad SMARTS) is 1. The fraction of sp³-hybridized carbons (Fsp3) is 0.444. The second-order valence-electron chi connectivity index (χ2n) is 3.53. The molecule has 1 aromatic heterocycles. The zero-order valence-corrected chi connectivity index (χ0v) is 12.9. The van der Waals surface area contributed by atoms with Crippen LogP contribution in [0.1, 0.15) is 16.6 Å². The lowest BCUT2D eigenvalue weighted by Crippen LogP contribution is -2.35. The number of halogens is 1. The van der Waals surface area contributed by atoms with Gasteiger partial charge in [0.15, 0.2) is 0 Å². The van der Waals surface area contributed by atoms with Crippen molar-refractivity contribution >= 4 is 43.3 Å². The Bertz CT molecular complexity index is 539. The minimum atomic E-state index is -3.75. The molecule has 1 aromatic rings. The first kappa shape index (κ1) is 15.6. The van der Waals surface area contributed by atoms with E-state index in [-0.39, 0.29) is 20.2 Å². The summed E-state index contributed by atoms with van der Waals surface area (Å²) < 4.78 is 31.5. The Morgan fingerprint density at radius 2 is 2.28 bits per heavy atom. The van der Waals surface area contributed by atoms with E-state index in [2.05, 4.69) is 20.7 Å². The molecule has 1 unspecified atom stereocenters. The van der Waals surface area contributed by atoms with Crippen LogP contribution in [-0.2, 0) is 14.8 Å². The quantitative estimate of drug-likeness (QED) is 0.804. The fourth-order valence-electron chi connectivity index (χ4n) is 1.25. The number of hydrogen-bond acceptors (Lipinski definition) is 5. The van der Waals surface area contributed by atoms with Gasteiger partial charge in [0.25, 0.3) is 0 Å². The maximum absolute atomic E-state index is 12.0. The maximum atomic E-state index is 12.0. The molecule has 18 heavy (non-hydrogen) atoms. The van der Waals surface area contributed by atoms with Gasteiger partial charge in [-0.3, -0.25) is 0 Å². The zero-order chi connectivity index (χ0) is 13.9. The van der Waals surface area contributed by atoms with Gasteiger partial charge in [-0.05, 0) is 28.9 Å². The molecule has 9 heteroatoms. The van der Waals surface area contributed by atoms with Crippen molar-refractivity contribution in [3.63, 3.8) is 0 Å². The van der Waals surface area contributed by atoms with Crippen LogP contribution < -0.4 is 4.72 Å². The summed E-state index contributed by atoms with van der Waals surface area (Å²) >= 11 is 3.91. The maximum Gasteiger partial charge on any atom is 0.345 e. The number of sulfonamides is 1. The van der Waals surface area contributed by atoms with Crippen LogP contribution in [0.15, 0.2) is 14.7 Å². The molecule has 0 bridgehead atoms. The topological polar surface area (TPSA) is 92.7 Å². The normalized spacial score (nSPS) is 13.5. The molecule has 0 amide bonds. The largest absolute Gasteiger partial charge is 0.477 e. The van der Waals surface area contributed by atoms with E-state index in [0.29, 0.717) is 0 Å². The summed E-state index contributed by atoms with van der Waals surface area (Å²) in [5.41, 5.74) is 0. The molecule has 0 spiro atoms. The van der Waals surface area contributed by atoms with Gasteiger partial charge >= 0.3 is 5.97 Å². The number of nitrogens with one attached hydrogen (secondary N) is 1. The highest BCUT2D eigenvalue weighted by Gasteiger charge is 2.24. The molecule has 1 heterocycles. The Kier molecular flexibility index (Phi) is 5.29. The molecule has 0 aliphatic heterocycles. The molecule has 1 atom stereocenters. The standard InChI is InChI=1S/C9H12BrNO5S2/c1-5(4-16-2)11-18(14,15)7-3-6(9(12)13)17-8(7)10/h3,5,11H,4H2,1-2H3,(H,12,13). The highest BCUT2D eigenvalue weighted by Crippen LogP contribution is 2.31. The van der Waals surface area contributed by atoms with Crippen LogP contribution in [0.3, 0.4) is 0 Å². The fourth-order valence-corrected chi connectivity index (χ4v) is 4.88. The Morgan fingerprint density at radius 1 is 1.67 bits per heavy atom. The van der Waals surface area contributed by atoms with E-state index in [1.54, 1.807) is 6.92 Å². The van der Waals surface area contributed by atoms with Gasteiger partial charge in [-0.2, -0.15) is 0 Å². The van der Waals surface area contributed by atoms with Gasteiger partial charge in [0.2, 0.25) is 10.0 Å². The van der Waals surface area contributed by atoms with Gasteiger partial charge in [0.1, 0.15) is 9.77 Å². The predicted molar refractivity (Wildman–Crippen MR) is 70.6 cm³/mol. The number of methoxy groups -OCH3 is 1. The molecular formula is C9H12BrNO5S2. The number of aromatic carboxylic acids is 1. The molecule has 2 N–H and O–H groups in total. The van der Waals surface area contributed by atoms with Gasteiger partial charge in [0, 0.05) is 13.2 Å². The van der Waals surface area contributed by atoms with E-state index < -0.39 is 22.0 Å². The number of carbonyl (C=O) groups is 1. The van der Waals surface area contributed by atoms with E-state index in [4.69, 9.17) is 9.84 Å². The lowest BCUT2D eigenvalue weighted by atomic mass is 10.4. The number of thiophene rings is 1. The molecule has 0 aromatic carbocycles. The predicted octanol–water partition coefficient (Wildman–Crippen LogP) is 1.52. The number of hydrogen-bond donors (Lipinski definition) is 2. The average molecular weight is 358 g/mol. The second kappa shape index (κ2) is 6.11. The van der Waals surface area contributed by atoms with Crippen LogP contribution in [0.25, 0.3) is 0 Å². The molecule has 0 saturated heterocycles. The lowest BCUT2D eigenvalue weighted by molar-refractivity contribution is 0.0702. The Morgan fingerprint density at radius 3 is 2.72 bits per heavy atom. The van der Waals surface area contributed by atoms with E-state index in [9.17, 15) is 13.2 Å². The molecule has 0 aliphatic carbocycles. The zero-order valence-electron chi connectivity index (χ0n) is 9.64. The van der Waals surface area contributed by atoms with Gasteiger partial charge in [0.05, 0.1) is 10.4 Å². The lowest BCUT2D eigenvalue weighted by Gasteiger charge is -2.12. The average Bonchev–Trinajstić information content (AvgIpc) is 2.60. The van der Waals surface area contributed by atoms with Crippen LogP contribution >= 0.6 is 27.3 Å². The first-order valence-corrected chi connectivity index (χ1v) is 7.91. The van der Waals surface area contributed by atoms with Crippen LogP contribution in [0, 0.1) is 0 Å². The Hall–Kier alpha value is -0.480. The summed E-state index contributed by atoms with van der Waals surface area (Å²) in [7, 11) is -2.29. The Labute approximate surface area is 117 Å². The number of rotatable bonds is 6. The van der Waals surface area contributed by atoms with Crippen LogP contribution in [0.5, 0.6) is 0 Å². The molecule has 0 aliphatic rings. The molecule has 0 saturated carbocycles. The summed E-state index contributed by atoms with van der Waals surface area (Å²) in [6.45, 7) is 1.88. The van der Waals surface area contributed by atoms with E-state index in [1.807, 2.05) is 0 Å². The van der Waals surface area contributed by atoms with Gasteiger partial charge in [-0.1, -0.05) is 0 Å². The minimum Gasteiger partial charge on any atom is -0.477 e. The van der Waals surface area contributed by atoms with Crippen molar-refractivity contribution in [1.29, 1.82) is 0 Å². The summed E-state index contributed by atoms with van der Waals surface area (Å²) in [5.74, 6) is -1.16. The third-order valence-electron chi connectivity index (χ3n) is 1.93. The van der Waals surface area contributed by atoms with E-state index in [1.165, 1.54) is 7.11 Å². The first-order chi connectivity index (χ1) is 8.27. The molecule has 102 valence electrons. The van der Waals surface area contributed by atoms with Gasteiger partial charge in [-0.25, -0.2) is 17.9 Å². The monoisotopic (exact) mass is 357 g/mol. The van der Waals surface area contributed by atoms with Crippen molar-refractivity contribution in [2.24, 2.45) is 0 Å². The Balaban J connectivity index is 3.01. The van der Waals surface area contributed by atoms with Gasteiger partial charge < -0.3 is 9.84 Å². The van der Waals surface area contributed by atoms with Crippen molar-refractivity contribution in [1.82, 2.24) is 4.72 Å². The van der Waals surface area contributed by atoms with Crippen molar-refractivity contribution in [3.05, 3.63) is 14.7 Å². The minimum absolute atomic E-state index is 0.0401. The number of ether oxygens (including phenoxy) is 1. The molecule has 0 fully saturated rings. The summed E-state index contributed by atoms with van der Waals surface area (Å²) in [5, 5.41) is 8.81. The highest BCUT2D eigenvalue weighted by molar-refractivity contribution is 9.11. The second-order valence-corrected chi connectivity index (χ2v) is 7.58. The van der Waals surface area contributed by atoms with E-state index in [0.717, 1.165) is 17.4 Å². The summed E-state index contributed by atoms with van der Waals surface area (Å²) in [4.78, 5) is 10.7. The van der Waals surface area contributed by atoms with Crippen molar-refractivity contribution in [2.45, 2.75) is 17.9 Å².